The molecule has 3 atom stereocenters. The fourth-order valence-corrected chi connectivity index (χ4v) is 3.67. The number of fused-ring (bicyclic) bond motifs is 1. The highest BCUT2D eigenvalue weighted by atomic mass is 79.9. The average molecular weight is 327 g/mol. The molecule has 19 heavy (non-hydrogen) atoms. The average Bonchev–Trinajstić information content (AvgIpc) is 2.91. The van der Waals surface area contributed by atoms with Crippen molar-refractivity contribution < 1.29 is 9.18 Å². The zero-order valence-corrected chi connectivity index (χ0v) is 12.3. The first kappa shape index (κ1) is 13.1. The molecule has 3 nitrogen and oxygen atoms in total. The Morgan fingerprint density at radius 2 is 2.26 bits per heavy atom. The van der Waals surface area contributed by atoms with Gasteiger partial charge in [0.1, 0.15) is 5.82 Å². The van der Waals surface area contributed by atoms with Crippen LogP contribution in [0.1, 0.15) is 23.7 Å². The molecule has 2 aliphatic rings. The zero-order chi connectivity index (χ0) is 13.6. The molecule has 3 unspecified atom stereocenters. The summed E-state index contributed by atoms with van der Waals surface area (Å²) in [5.41, 5.74) is 0.549. The number of hydrogen-bond acceptors (Lipinski definition) is 2. The molecule has 0 aromatic heterocycles. The van der Waals surface area contributed by atoms with Crippen molar-refractivity contribution in [3.63, 3.8) is 0 Å². The largest absolute Gasteiger partial charge is 0.331 e. The Hall–Kier alpha value is -0.940. The number of benzene rings is 1. The van der Waals surface area contributed by atoms with E-state index in [1.165, 1.54) is 6.07 Å². The summed E-state index contributed by atoms with van der Waals surface area (Å²) in [5.74, 6) is 0.221. The molecular weight excluding hydrogens is 311 g/mol. The smallest absolute Gasteiger partial charge is 0.254 e. The molecule has 2 saturated heterocycles. The maximum atomic E-state index is 13.2. The van der Waals surface area contributed by atoms with Crippen LogP contribution in [0.2, 0.25) is 0 Å². The molecular formula is C14H16BrFN2O. The van der Waals surface area contributed by atoms with Crippen molar-refractivity contribution in [3.05, 3.63) is 34.1 Å². The number of amides is 1. The third kappa shape index (κ3) is 2.19. The second-order valence-electron chi connectivity index (χ2n) is 5.41. The molecule has 5 heteroatoms. The van der Waals surface area contributed by atoms with Gasteiger partial charge in [0.05, 0.1) is 4.47 Å². The van der Waals surface area contributed by atoms with Gasteiger partial charge in [-0.3, -0.25) is 4.79 Å². The molecule has 3 rings (SSSR count). The van der Waals surface area contributed by atoms with Crippen molar-refractivity contribution in [3.8, 4) is 0 Å². The topological polar surface area (TPSA) is 32.3 Å². The summed E-state index contributed by atoms with van der Waals surface area (Å²) in [4.78, 5) is 14.6. The van der Waals surface area contributed by atoms with Gasteiger partial charge in [0.25, 0.3) is 5.91 Å². The number of nitrogens with zero attached hydrogens (tertiary/aromatic N) is 1. The lowest BCUT2D eigenvalue weighted by atomic mass is 10.0. The first-order chi connectivity index (χ1) is 9.08. The van der Waals surface area contributed by atoms with Crippen LogP contribution in [0.25, 0.3) is 0 Å². The van der Waals surface area contributed by atoms with E-state index >= 15 is 0 Å². The number of hydrogen-bond donors (Lipinski definition) is 1. The van der Waals surface area contributed by atoms with Crippen LogP contribution in [0.4, 0.5) is 4.39 Å². The van der Waals surface area contributed by atoms with Crippen LogP contribution in [0.3, 0.4) is 0 Å². The Labute approximate surface area is 120 Å². The molecule has 0 bridgehead atoms. The highest BCUT2D eigenvalue weighted by molar-refractivity contribution is 9.10. The van der Waals surface area contributed by atoms with Crippen LogP contribution >= 0.6 is 15.9 Å². The summed E-state index contributed by atoms with van der Waals surface area (Å²) >= 11 is 3.14. The number of nitrogens with one attached hydrogen (secondary N) is 1. The molecule has 0 spiro atoms. The molecule has 1 N–H and O–H groups in total. The van der Waals surface area contributed by atoms with E-state index < -0.39 is 0 Å². The molecule has 2 fully saturated rings. The standard InChI is InChI=1S/C14H16BrFN2O/c1-8-4-10-6-17-7-13(10)18(8)14(19)9-2-3-12(16)11(15)5-9/h2-3,5,8,10,13,17H,4,6-7H2,1H3. The Morgan fingerprint density at radius 3 is 3.00 bits per heavy atom. The molecule has 102 valence electrons. The molecule has 2 heterocycles. The van der Waals surface area contributed by atoms with Gasteiger partial charge in [-0.15, -0.1) is 0 Å². The van der Waals surface area contributed by atoms with Crippen LogP contribution in [0.15, 0.2) is 22.7 Å². The number of carbonyl (C=O) groups excluding carboxylic acids is 1. The lowest BCUT2D eigenvalue weighted by Crippen LogP contribution is -2.42. The Kier molecular flexibility index (Phi) is 3.35. The van der Waals surface area contributed by atoms with E-state index in [9.17, 15) is 9.18 Å². The van der Waals surface area contributed by atoms with E-state index in [4.69, 9.17) is 0 Å². The maximum Gasteiger partial charge on any atom is 0.254 e. The van der Waals surface area contributed by atoms with E-state index in [2.05, 4.69) is 28.2 Å². The van der Waals surface area contributed by atoms with Crippen molar-refractivity contribution in [1.29, 1.82) is 0 Å². The first-order valence-electron chi connectivity index (χ1n) is 6.56. The van der Waals surface area contributed by atoms with E-state index in [1.807, 2.05) is 4.90 Å². The number of carbonyl (C=O) groups is 1. The van der Waals surface area contributed by atoms with Crippen LogP contribution in [-0.4, -0.2) is 36.0 Å². The quantitative estimate of drug-likeness (QED) is 0.859. The van der Waals surface area contributed by atoms with Crippen molar-refractivity contribution in [2.24, 2.45) is 5.92 Å². The van der Waals surface area contributed by atoms with Gasteiger partial charge in [0, 0.05) is 30.7 Å². The molecule has 1 aromatic rings. The highest BCUT2D eigenvalue weighted by Crippen LogP contribution is 2.33. The summed E-state index contributed by atoms with van der Waals surface area (Å²) in [6, 6.07) is 5.01. The summed E-state index contributed by atoms with van der Waals surface area (Å²) in [5, 5.41) is 3.34. The van der Waals surface area contributed by atoms with E-state index in [0.29, 0.717) is 16.0 Å². The third-order valence-corrected chi connectivity index (χ3v) is 4.79. The van der Waals surface area contributed by atoms with Crippen molar-refractivity contribution in [2.45, 2.75) is 25.4 Å². The zero-order valence-electron chi connectivity index (χ0n) is 10.7. The summed E-state index contributed by atoms with van der Waals surface area (Å²) in [6.45, 7) is 3.95. The van der Waals surface area contributed by atoms with Gasteiger partial charge in [-0.1, -0.05) is 0 Å². The van der Waals surface area contributed by atoms with Crippen LogP contribution in [0.5, 0.6) is 0 Å². The minimum atomic E-state index is -0.341. The Bertz CT molecular complexity index is 522. The van der Waals surface area contributed by atoms with Gasteiger partial charge < -0.3 is 10.2 Å². The van der Waals surface area contributed by atoms with Gasteiger partial charge >= 0.3 is 0 Å². The van der Waals surface area contributed by atoms with Crippen LogP contribution < -0.4 is 5.32 Å². The van der Waals surface area contributed by atoms with E-state index in [0.717, 1.165) is 19.5 Å². The molecule has 0 radical (unpaired) electrons. The Morgan fingerprint density at radius 1 is 1.47 bits per heavy atom. The van der Waals surface area contributed by atoms with Crippen molar-refractivity contribution in [1.82, 2.24) is 10.2 Å². The van der Waals surface area contributed by atoms with Gasteiger partial charge in [-0.25, -0.2) is 4.39 Å². The lowest BCUT2D eigenvalue weighted by molar-refractivity contribution is 0.0682. The molecule has 1 amide bonds. The summed E-state index contributed by atoms with van der Waals surface area (Å²) in [7, 11) is 0. The SMILES string of the molecule is CC1CC2CNCC2N1C(=O)c1ccc(F)c(Br)c1. The van der Waals surface area contributed by atoms with Crippen LogP contribution in [0, 0.1) is 11.7 Å². The Balaban J connectivity index is 1.88. The molecule has 0 saturated carbocycles. The number of halogens is 2. The van der Waals surface area contributed by atoms with Gasteiger partial charge in [0.15, 0.2) is 0 Å². The monoisotopic (exact) mass is 326 g/mol. The van der Waals surface area contributed by atoms with Gasteiger partial charge in [0.2, 0.25) is 0 Å². The summed E-state index contributed by atoms with van der Waals surface area (Å²) < 4.78 is 13.6. The second-order valence-corrected chi connectivity index (χ2v) is 6.27. The lowest BCUT2D eigenvalue weighted by Gasteiger charge is -2.27. The van der Waals surface area contributed by atoms with Crippen molar-refractivity contribution in [2.75, 3.05) is 13.1 Å². The molecule has 1 aromatic carbocycles. The van der Waals surface area contributed by atoms with Crippen LogP contribution in [-0.2, 0) is 0 Å². The first-order valence-corrected chi connectivity index (χ1v) is 7.35. The predicted molar refractivity (Wildman–Crippen MR) is 74.5 cm³/mol. The predicted octanol–water partition coefficient (Wildman–Crippen LogP) is 2.41. The fourth-order valence-electron chi connectivity index (χ4n) is 3.29. The third-order valence-electron chi connectivity index (χ3n) is 4.18. The number of rotatable bonds is 1. The van der Waals surface area contributed by atoms with E-state index in [1.54, 1.807) is 12.1 Å². The summed E-state index contributed by atoms with van der Waals surface area (Å²) in [6.07, 6.45) is 1.05. The fraction of sp³-hybridized carbons (Fsp3) is 0.500. The second kappa shape index (κ2) is 4.87. The van der Waals surface area contributed by atoms with Crippen molar-refractivity contribution >= 4 is 21.8 Å². The number of likely N-dealkylation sites (tertiary alicyclic amines) is 1. The normalized spacial score (nSPS) is 29.6. The minimum Gasteiger partial charge on any atom is -0.331 e. The molecule has 0 aliphatic carbocycles. The van der Waals surface area contributed by atoms with E-state index in [-0.39, 0.29) is 23.8 Å². The maximum absolute atomic E-state index is 13.2. The highest BCUT2D eigenvalue weighted by Gasteiger charge is 2.44. The van der Waals surface area contributed by atoms with Gasteiger partial charge in [-0.05, 0) is 53.4 Å². The van der Waals surface area contributed by atoms with Gasteiger partial charge in [-0.2, -0.15) is 0 Å². The molecule has 2 aliphatic heterocycles. The minimum absolute atomic E-state index is 0.00407.